The van der Waals surface area contributed by atoms with Gasteiger partial charge in [-0.2, -0.15) is 0 Å². The molecule has 0 saturated heterocycles. The fourth-order valence-electron chi connectivity index (χ4n) is 1.32. The molecule has 2 N–H and O–H groups in total. The lowest BCUT2D eigenvalue weighted by Gasteiger charge is -2.07. The third-order valence-corrected chi connectivity index (χ3v) is 2.29. The zero-order valence-electron chi connectivity index (χ0n) is 10.3. The molecule has 0 spiro atoms. The summed E-state index contributed by atoms with van der Waals surface area (Å²) < 4.78 is 5.20. The molecule has 0 aromatic heterocycles. The minimum atomic E-state index is -0.412. The van der Waals surface area contributed by atoms with E-state index in [1.807, 2.05) is 0 Å². The fourth-order valence-corrected chi connectivity index (χ4v) is 1.32. The molecule has 0 radical (unpaired) electrons. The highest BCUT2D eigenvalue weighted by Crippen LogP contribution is 2.11. The summed E-state index contributed by atoms with van der Waals surface area (Å²) >= 11 is 0. The minimum Gasteiger partial charge on any atom is -0.481 e. The molecule has 4 heteroatoms. The maximum atomic E-state index is 11.7. The second-order valence-electron chi connectivity index (χ2n) is 3.91. The van der Waals surface area contributed by atoms with Crippen LogP contribution in [0.4, 0.5) is 0 Å². The van der Waals surface area contributed by atoms with Crippen LogP contribution in [0.5, 0.6) is 5.75 Å². The first-order valence-electron chi connectivity index (χ1n) is 5.76. The van der Waals surface area contributed by atoms with Gasteiger partial charge in [-0.15, -0.1) is 6.42 Å². The number of ether oxygens (including phenoxy) is 1. The van der Waals surface area contributed by atoms with Crippen molar-refractivity contribution in [3.63, 3.8) is 0 Å². The van der Waals surface area contributed by atoms with Crippen molar-refractivity contribution in [3.8, 4) is 18.1 Å². The van der Waals surface area contributed by atoms with Gasteiger partial charge in [0.15, 0.2) is 0 Å². The van der Waals surface area contributed by atoms with Crippen LogP contribution >= 0.6 is 0 Å². The van der Waals surface area contributed by atoms with Crippen molar-refractivity contribution in [1.82, 2.24) is 5.32 Å². The van der Waals surface area contributed by atoms with Crippen molar-refractivity contribution in [2.45, 2.75) is 19.4 Å². The van der Waals surface area contributed by atoms with Crippen molar-refractivity contribution < 1.29 is 14.6 Å². The van der Waals surface area contributed by atoms with Crippen LogP contribution in [0.25, 0.3) is 0 Å². The third-order valence-electron chi connectivity index (χ3n) is 2.29. The van der Waals surface area contributed by atoms with E-state index in [1.54, 1.807) is 31.2 Å². The zero-order valence-corrected chi connectivity index (χ0v) is 10.3. The van der Waals surface area contributed by atoms with Gasteiger partial charge in [-0.1, -0.05) is 5.92 Å². The summed E-state index contributed by atoms with van der Waals surface area (Å²) in [5.74, 6) is 2.83. The Morgan fingerprint density at radius 1 is 1.50 bits per heavy atom. The normalized spacial score (nSPS) is 11.4. The van der Waals surface area contributed by atoms with Gasteiger partial charge in [0.25, 0.3) is 5.91 Å². The van der Waals surface area contributed by atoms with Crippen LogP contribution in [0, 0.1) is 12.3 Å². The second kappa shape index (κ2) is 7.36. The van der Waals surface area contributed by atoms with E-state index < -0.39 is 6.10 Å². The monoisotopic (exact) mass is 247 g/mol. The molecule has 1 rings (SSSR count). The molecule has 1 aromatic carbocycles. The maximum absolute atomic E-state index is 11.7. The number of nitrogens with one attached hydrogen (secondary N) is 1. The number of aliphatic hydroxyl groups is 1. The molecule has 0 aliphatic heterocycles. The Kier molecular flexibility index (Phi) is 5.75. The zero-order chi connectivity index (χ0) is 13.4. The average Bonchev–Trinajstić information content (AvgIpc) is 2.36. The molecular formula is C14H17NO3. The Bertz CT molecular complexity index is 418. The predicted octanol–water partition coefficient (Wildman–Crippen LogP) is 1.20. The first kappa shape index (κ1) is 14.1. The number of aliphatic hydroxyl groups excluding tert-OH is 1. The largest absolute Gasteiger partial charge is 0.481 e. The molecule has 0 aliphatic carbocycles. The average molecular weight is 247 g/mol. The van der Waals surface area contributed by atoms with Crippen LogP contribution in [0.3, 0.4) is 0 Å². The van der Waals surface area contributed by atoms with Crippen molar-refractivity contribution in [2.75, 3.05) is 13.2 Å². The molecule has 0 bridgehead atoms. The smallest absolute Gasteiger partial charge is 0.251 e. The minimum absolute atomic E-state index is 0.167. The number of benzene rings is 1. The highest BCUT2D eigenvalue weighted by Gasteiger charge is 2.05. The number of carbonyl (C=O) groups is 1. The first-order chi connectivity index (χ1) is 8.63. The van der Waals surface area contributed by atoms with Gasteiger partial charge in [0.05, 0.1) is 6.10 Å². The van der Waals surface area contributed by atoms with Gasteiger partial charge in [-0.05, 0) is 37.6 Å². The lowest BCUT2D eigenvalue weighted by molar-refractivity contribution is 0.0945. The number of amides is 1. The lowest BCUT2D eigenvalue weighted by Crippen LogP contribution is -2.26. The summed E-state index contributed by atoms with van der Waals surface area (Å²) in [5, 5.41) is 11.8. The molecule has 0 heterocycles. The van der Waals surface area contributed by atoms with Crippen molar-refractivity contribution in [3.05, 3.63) is 29.8 Å². The molecule has 0 saturated carbocycles. The van der Waals surface area contributed by atoms with Gasteiger partial charge in [0, 0.05) is 12.1 Å². The Hall–Kier alpha value is -1.99. The van der Waals surface area contributed by atoms with E-state index in [1.165, 1.54) is 0 Å². The highest BCUT2D eigenvalue weighted by molar-refractivity contribution is 5.94. The van der Waals surface area contributed by atoms with Crippen molar-refractivity contribution >= 4 is 5.91 Å². The van der Waals surface area contributed by atoms with Gasteiger partial charge >= 0.3 is 0 Å². The number of carbonyl (C=O) groups excluding carboxylic acids is 1. The SMILES string of the molecule is C#CCOc1ccc(C(=O)NCCC(C)O)cc1. The number of rotatable bonds is 6. The van der Waals surface area contributed by atoms with Crippen LogP contribution < -0.4 is 10.1 Å². The second-order valence-corrected chi connectivity index (χ2v) is 3.91. The molecule has 1 amide bonds. The summed E-state index contributed by atoms with van der Waals surface area (Å²) in [4.78, 5) is 11.7. The Morgan fingerprint density at radius 3 is 2.72 bits per heavy atom. The quantitative estimate of drug-likeness (QED) is 0.743. The summed E-state index contributed by atoms with van der Waals surface area (Å²) in [6.45, 7) is 2.34. The van der Waals surface area contributed by atoms with Gasteiger partial charge in [-0.3, -0.25) is 4.79 Å². The molecule has 96 valence electrons. The van der Waals surface area contributed by atoms with E-state index in [4.69, 9.17) is 16.3 Å². The lowest BCUT2D eigenvalue weighted by atomic mass is 10.2. The summed E-state index contributed by atoms with van der Waals surface area (Å²) in [7, 11) is 0. The Morgan fingerprint density at radius 2 is 2.17 bits per heavy atom. The van der Waals surface area contributed by atoms with E-state index in [-0.39, 0.29) is 12.5 Å². The van der Waals surface area contributed by atoms with Gasteiger partial charge in [-0.25, -0.2) is 0 Å². The summed E-state index contributed by atoms with van der Waals surface area (Å²) in [6, 6.07) is 6.73. The van der Waals surface area contributed by atoms with E-state index in [0.717, 1.165) is 0 Å². The summed E-state index contributed by atoms with van der Waals surface area (Å²) in [5.41, 5.74) is 0.550. The molecule has 18 heavy (non-hydrogen) atoms. The standard InChI is InChI=1S/C14H17NO3/c1-3-10-18-13-6-4-12(5-7-13)14(17)15-9-8-11(2)16/h1,4-7,11,16H,8-10H2,2H3,(H,15,17). The van der Waals surface area contributed by atoms with E-state index in [2.05, 4.69) is 11.2 Å². The van der Waals surface area contributed by atoms with E-state index in [9.17, 15) is 4.79 Å². The van der Waals surface area contributed by atoms with Gasteiger partial charge < -0.3 is 15.2 Å². The first-order valence-corrected chi connectivity index (χ1v) is 5.76. The van der Waals surface area contributed by atoms with Crippen LogP contribution in [0.15, 0.2) is 24.3 Å². The molecule has 1 aromatic rings. The van der Waals surface area contributed by atoms with E-state index >= 15 is 0 Å². The fraction of sp³-hybridized carbons (Fsp3) is 0.357. The highest BCUT2D eigenvalue weighted by atomic mass is 16.5. The van der Waals surface area contributed by atoms with E-state index in [0.29, 0.717) is 24.3 Å². The van der Waals surface area contributed by atoms with Crippen molar-refractivity contribution in [1.29, 1.82) is 0 Å². The molecule has 4 nitrogen and oxygen atoms in total. The number of hydrogen-bond donors (Lipinski definition) is 2. The number of terminal acetylenes is 1. The maximum Gasteiger partial charge on any atom is 0.251 e. The predicted molar refractivity (Wildman–Crippen MR) is 69.4 cm³/mol. The van der Waals surface area contributed by atoms with Crippen LogP contribution in [-0.4, -0.2) is 30.3 Å². The molecular weight excluding hydrogens is 230 g/mol. The summed E-state index contributed by atoms with van der Waals surface area (Å²) in [6.07, 6.45) is 5.20. The van der Waals surface area contributed by atoms with Gasteiger partial charge in [0.1, 0.15) is 12.4 Å². The van der Waals surface area contributed by atoms with Crippen LogP contribution in [0.2, 0.25) is 0 Å². The molecule has 0 aliphatic rings. The topological polar surface area (TPSA) is 58.6 Å². The van der Waals surface area contributed by atoms with Gasteiger partial charge in [0.2, 0.25) is 0 Å². The Balaban J connectivity index is 2.46. The molecule has 1 atom stereocenters. The molecule has 1 unspecified atom stereocenters. The Labute approximate surface area is 107 Å². The number of hydrogen-bond acceptors (Lipinski definition) is 3. The van der Waals surface area contributed by atoms with Crippen LogP contribution in [-0.2, 0) is 0 Å². The molecule has 0 fully saturated rings. The third kappa shape index (κ3) is 4.89. The van der Waals surface area contributed by atoms with Crippen molar-refractivity contribution in [2.24, 2.45) is 0 Å². The van der Waals surface area contributed by atoms with Crippen LogP contribution in [0.1, 0.15) is 23.7 Å².